The van der Waals surface area contributed by atoms with Crippen molar-refractivity contribution in [1.82, 2.24) is 4.72 Å². The normalized spacial score (nSPS) is 18.4. The first kappa shape index (κ1) is 17.2. The SMILES string of the molecule is NCC(NS(=O)(=O)c1cc(F)c(F)cc1F)C1CCCCC1. The molecule has 0 aromatic heterocycles. The summed E-state index contributed by atoms with van der Waals surface area (Å²) in [5, 5.41) is 0. The zero-order valence-corrected chi connectivity index (χ0v) is 12.8. The Balaban J connectivity index is 2.24. The second kappa shape index (κ2) is 6.97. The van der Waals surface area contributed by atoms with Crippen molar-refractivity contribution in [2.75, 3.05) is 6.54 Å². The number of benzene rings is 1. The molecule has 4 nitrogen and oxygen atoms in total. The van der Waals surface area contributed by atoms with Gasteiger partial charge in [0.2, 0.25) is 10.0 Å². The molecule has 1 atom stereocenters. The molecule has 0 bridgehead atoms. The molecule has 1 aliphatic rings. The maximum Gasteiger partial charge on any atom is 0.243 e. The highest BCUT2D eigenvalue weighted by Crippen LogP contribution is 2.27. The number of hydrogen-bond acceptors (Lipinski definition) is 3. The van der Waals surface area contributed by atoms with Crippen molar-refractivity contribution in [2.24, 2.45) is 11.7 Å². The Morgan fingerprint density at radius 3 is 2.27 bits per heavy atom. The van der Waals surface area contributed by atoms with Crippen LogP contribution in [0.25, 0.3) is 0 Å². The largest absolute Gasteiger partial charge is 0.329 e. The summed E-state index contributed by atoms with van der Waals surface area (Å²) in [6.07, 6.45) is 4.75. The van der Waals surface area contributed by atoms with Crippen LogP contribution in [0.5, 0.6) is 0 Å². The van der Waals surface area contributed by atoms with Crippen LogP contribution >= 0.6 is 0 Å². The van der Waals surface area contributed by atoms with Gasteiger partial charge in [-0.05, 0) is 24.8 Å². The molecule has 8 heteroatoms. The standard InChI is InChI=1S/C14H19F3N2O2S/c15-10-6-12(17)14(7-11(10)16)22(20,21)19-13(8-18)9-4-2-1-3-5-9/h6-7,9,13,19H,1-5,8,18H2. The van der Waals surface area contributed by atoms with Gasteiger partial charge < -0.3 is 5.73 Å². The summed E-state index contributed by atoms with van der Waals surface area (Å²) in [5.74, 6) is -4.10. The number of nitrogens with one attached hydrogen (secondary N) is 1. The minimum absolute atomic E-state index is 0.0647. The van der Waals surface area contributed by atoms with E-state index in [9.17, 15) is 21.6 Å². The van der Waals surface area contributed by atoms with Crippen LogP contribution in [0.15, 0.2) is 17.0 Å². The van der Waals surface area contributed by atoms with E-state index in [0.717, 1.165) is 32.1 Å². The average Bonchev–Trinajstić information content (AvgIpc) is 2.49. The number of halogens is 3. The molecule has 1 aliphatic carbocycles. The van der Waals surface area contributed by atoms with Crippen molar-refractivity contribution in [2.45, 2.75) is 43.0 Å². The van der Waals surface area contributed by atoms with Gasteiger partial charge in [-0.25, -0.2) is 26.3 Å². The number of rotatable bonds is 5. The fourth-order valence-corrected chi connectivity index (χ4v) is 4.23. The molecule has 0 saturated heterocycles. The third-order valence-corrected chi connectivity index (χ3v) is 5.55. The van der Waals surface area contributed by atoms with E-state index in [1.165, 1.54) is 0 Å². The van der Waals surface area contributed by atoms with Crippen molar-refractivity contribution >= 4 is 10.0 Å². The minimum atomic E-state index is -4.30. The Labute approximate surface area is 127 Å². The maximum absolute atomic E-state index is 13.7. The summed E-state index contributed by atoms with van der Waals surface area (Å²) < 4.78 is 66.6. The molecular weight excluding hydrogens is 317 g/mol. The molecule has 3 N–H and O–H groups in total. The van der Waals surface area contributed by atoms with Gasteiger partial charge in [0, 0.05) is 18.7 Å². The fraction of sp³-hybridized carbons (Fsp3) is 0.571. The molecule has 1 unspecified atom stereocenters. The Bertz CT molecular complexity index is 631. The topological polar surface area (TPSA) is 72.2 Å². The lowest BCUT2D eigenvalue weighted by Gasteiger charge is -2.29. The molecule has 1 fully saturated rings. The first-order valence-electron chi connectivity index (χ1n) is 7.22. The second-order valence-electron chi connectivity index (χ2n) is 5.56. The molecule has 22 heavy (non-hydrogen) atoms. The van der Waals surface area contributed by atoms with Gasteiger partial charge in [-0.3, -0.25) is 0 Å². The molecule has 0 heterocycles. The highest BCUT2D eigenvalue weighted by molar-refractivity contribution is 7.89. The third-order valence-electron chi connectivity index (χ3n) is 4.04. The average molecular weight is 336 g/mol. The maximum atomic E-state index is 13.7. The van der Waals surface area contributed by atoms with Gasteiger partial charge >= 0.3 is 0 Å². The van der Waals surface area contributed by atoms with Crippen molar-refractivity contribution in [3.8, 4) is 0 Å². The van der Waals surface area contributed by atoms with Gasteiger partial charge in [-0.1, -0.05) is 19.3 Å². The van der Waals surface area contributed by atoms with Gasteiger partial charge in [0.1, 0.15) is 10.7 Å². The summed E-state index contributed by atoms with van der Waals surface area (Å²) >= 11 is 0. The van der Waals surface area contributed by atoms with Crippen LogP contribution in [0, 0.1) is 23.4 Å². The molecule has 2 rings (SSSR count). The minimum Gasteiger partial charge on any atom is -0.329 e. The van der Waals surface area contributed by atoms with Gasteiger partial charge in [0.05, 0.1) is 0 Å². The first-order chi connectivity index (χ1) is 10.3. The summed E-state index contributed by atoms with van der Waals surface area (Å²) in [4.78, 5) is -0.902. The highest BCUT2D eigenvalue weighted by atomic mass is 32.2. The van der Waals surface area contributed by atoms with Crippen molar-refractivity contribution in [3.63, 3.8) is 0 Å². The Kier molecular flexibility index (Phi) is 5.46. The van der Waals surface area contributed by atoms with E-state index < -0.39 is 38.4 Å². The summed E-state index contributed by atoms with van der Waals surface area (Å²) in [6.45, 7) is 0.0647. The van der Waals surface area contributed by atoms with Crippen molar-refractivity contribution in [3.05, 3.63) is 29.6 Å². The molecular formula is C14H19F3N2O2S. The fourth-order valence-electron chi connectivity index (χ4n) is 2.85. The number of nitrogens with two attached hydrogens (primary N) is 1. The van der Waals surface area contributed by atoms with Gasteiger partial charge in [-0.15, -0.1) is 0 Å². The lowest BCUT2D eigenvalue weighted by atomic mass is 9.84. The Hall–Kier alpha value is -1.12. The van der Waals surface area contributed by atoms with Gasteiger partial charge in [0.25, 0.3) is 0 Å². The van der Waals surface area contributed by atoms with Crippen LogP contribution < -0.4 is 10.5 Å². The summed E-state index contributed by atoms with van der Waals surface area (Å²) in [7, 11) is -4.30. The number of hydrogen-bond donors (Lipinski definition) is 2. The smallest absolute Gasteiger partial charge is 0.243 e. The van der Waals surface area contributed by atoms with Gasteiger partial charge in [0.15, 0.2) is 11.6 Å². The molecule has 0 aliphatic heterocycles. The third kappa shape index (κ3) is 3.80. The summed E-state index contributed by atoms with van der Waals surface area (Å²) in [5.41, 5.74) is 5.63. The van der Waals surface area contributed by atoms with E-state index in [1.807, 2.05) is 0 Å². The zero-order valence-electron chi connectivity index (χ0n) is 12.0. The Morgan fingerprint density at radius 2 is 1.68 bits per heavy atom. The van der Waals surface area contributed by atoms with Crippen molar-refractivity contribution < 1.29 is 21.6 Å². The van der Waals surface area contributed by atoms with Crippen LogP contribution in [-0.4, -0.2) is 21.0 Å². The molecule has 1 aromatic rings. The second-order valence-corrected chi connectivity index (χ2v) is 7.24. The van der Waals surface area contributed by atoms with E-state index in [1.54, 1.807) is 0 Å². The van der Waals surface area contributed by atoms with Gasteiger partial charge in [-0.2, -0.15) is 0 Å². The molecule has 0 spiro atoms. The molecule has 1 aromatic carbocycles. The molecule has 0 radical (unpaired) electrons. The molecule has 124 valence electrons. The van der Waals surface area contributed by atoms with Crippen LogP contribution in [0.2, 0.25) is 0 Å². The lowest BCUT2D eigenvalue weighted by Crippen LogP contribution is -2.46. The predicted molar refractivity (Wildman–Crippen MR) is 76.1 cm³/mol. The first-order valence-corrected chi connectivity index (χ1v) is 8.70. The highest BCUT2D eigenvalue weighted by Gasteiger charge is 2.29. The predicted octanol–water partition coefficient (Wildman–Crippen LogP) is 2.29. The van der Waals surface area contributed by atoms with Crippen LogP contribution in [0.4, 0.5) is 13.2 Å². The van der Waals surface area contributed by atoms with Crippen molar-refractivity contribution in [1.29, 1.82) is 0 Å². The molecule has 0 amide bonds. The van der Waals surface area contributed by atoms with E-state index >= 15 is 0 Å². The van der Waals surface area contributed by atoms with E-state index in [2.05, 4.69) is 4.72 Å². The van der Waals surface area contributed by atoms with E-state index in [-0.39, 0.29) is 18.5 Å². The van der Waals surface area contributed by atoms with Crippen LogP contribution in [0.3, 0.4) is 0 Å². The zero-order chi connectivity index (χ0) is 16.3. The van der Waals surface area contributed by atoms with E-state index in [4.69, 9.17) is 5.73 Å². The van der Waals surface area contributed by atoms with E-state index in [0.29, 0.717) is 6.07 Å². The Morgan fingerprint density at radius 1 is 1.09 bits per heavy atom. The molecule has 1 saturated carbocycles. The lowest BCUT2D eigenvalue weighted by molar-refractivity contribution is 0.294. The number of sulfonamides is 1. The quantitative estimate of drug-likeness (QED) is 0.811. The van der Waals surface area contributed by atoms with Crippen LogP contribution in [0.1, 0.15) is 32.1 Å². The monoisotopic (exact) mass is 336 g/mol. The summed E-state index contributed by atoms with van der Waals surface area (Å²) in [6, 6.07) is 0.0291. The van der Waals surface area contributed by atoms with Crippen LogP contribution in [-0.2, 0) is 10.0 Å².